The molecule has 0 aliphatic carbocycles. The van der Waals surface area contributed by atoms with E-state index in [1.807, 2.05) is 60.7 Å². The Kier molecular flexibility index (Phi) is 5.56. The van der Waals surface area contributed by atoms with Crippen LogP contribution in [0.1, 0.15) is 5.56 Å². The number of nitrogens with zero attached hydrogens (tertiary/aromatic N) is 5. The summed E-state index contributed by atoms with van der Waals surface area (Å²) in [5.74, 6) is 1.87. The zero-order chi connectivity index (χ0) is 20.9. The van der Waals surface area contributed by atoms with E-state index < -0.39 is 0 Å². The summed E-state index contributed by atoms with van der Waals surface area (Å²) in [5.41, 5.74) is 2.83. The van der Waals surface area contributed by atoms with Gasteiger partial charge in [0.25, 0.3) is 11.7 Å². The minimum Gasteiger partial charge on any atom is -0.484 e. The number of aromatic nitrogens is 4. The van der Waals surface area contributed by atoms with Gasteiger partial charge in [0.05, 0.1) is 5.69 Å². The first-order chi connectivity index (χ1) is 14.6. The second-order valence-corrected chi connectivity index (χ2v) is 6.94. The van der Waals surface area contributed by atoms with Gasteiger partial charge in [-0.05, 0) is 17.7 Å². The first kappa shape index (κ1) is 19.4. The molecule has 2 heterocycles. The Balaban J connectivity index is 1.52. The Morgan fingerprint density at radius 1 is 1.10 bits per heavy atom. The van der Waals surface area contributed by atoms with Gasteiger partial charge < -0.3 is 15.0 Å². The van der Waals surface area contributed by atoms with Crippen LogP contribution in [0.25, 0.3) is 17.0 Å². The van der Waals surface area contributed by atoms with Crippen molar-refractivity contribution in [2.75, 3.05) is 26.0 Å². The van der Waals surface area contributed by atoms with Crippen molar-refractivity contribution in [2.45, 2.75) is 6.54 Å². The topological polar surface area (TPSA) is 84.6 Å². The van der Waals surface area contributed by atoms with E-state index in [1.165, 1.54) is 11.2 Å². The number of benzene rings is 2. The first-order valence-electron chi connectivity index (χ1n) is 9.52. The van der Waals surface area contributed by atoms with E-state index in [2.05, 4.69) is 20.4 Å². The van der Waals surface area contributed by atoms with Crippen LogP contribution >= 0.6 is 0 Å². The lowest BCUT2D eigenvalue weighted by Crippen LogP contribution is -2.27. The fraction of sp³-hybridized carbons (Fsp3) is 0.182. The van der Waals surface area contributed by atoms with Gasteiger partial charge in [-0.3, -0.25) is 4.79 Å². The van der Waals surface area contributed by atoms with Crippen LogP contribution < -0.4 is 10.1 Å². The highest BCUT2D eigenvalue weighted by molar-refractivity contribution is 5.77. The predicted molar refractivity (Wildman–Crippen MR) is 114 cm³/mol. The molecule has 2 aromatic heterocycles. The normalized spacial score (nSPS) is 10.7. The second-order valence-electron chi connectivity index (χ2n) is 6.94. The third-order valence-electron chi connectivity index (χ3n) is 4.55. The fourth-order valence-corrected chi connectivity index (χ4v) is 2.91. The molecular weight excluding hydrogens is 380 g/mol. The van der Waals surface area contributed by atoms with Gasteiger partial charge in [0.1, 0.15) is 17.9 Å². The van der Waals surface area contributed by atoms with Crippen molar-refractivity contribution in [3.63, 3.8) is 0 Å². The van der Waals surface area contributed by atoms with Crippen molar-refractivity contribution in [3.05, 3.63) is 72.6 Å². The molecule has 0 unspecified atom stereocenters. The molecule has 0 saturated heterocycles. The maximum Gasteiger partial charge on any atom is 0.259 e. The molecule has 30 heavy (non-hydrogen) atoms. The SMILES string of the molecule is CN(C)C(=O)COc1cccc(CNc2cc(-c3ccccc3)nc3ncnn23)c1. The van der Waals surface area contributed by atoms with Gasteiger partial charge in [-0.25, -0.2) is 4.98 Å². The molecule has 0 aliphatic heterocycles. The van der Waals surface area contributed by atoms with Crippen LogP contribution in [-0.2, 0) is 11.3 Å². The van der Waals surface area contributed by atoms with E-state index in [0.717, 1.165) is 22.6 Å². The van der Waals surface area contributed by atoms with Gasteiger partial charge in [0.2, 0.25) is 0 Å². The van der Waals surface area contributed by atoms with Crippen molar-refractivity contribution in [2.24, 2.45) is 0 Å². The molecule has 8 heteroatoms. The van der Waals surface area contributed by atoms with Gasteiger partial charge in [-0.2, -0.15) is 14.6 Å². The summed E-state index contributed by atoms with van der Waals surface area (Å²) in [5, 5.41) is 7.66. The maximum absolute atomic E-state index is 11.7. The summed E-state index contributed by atoms with van der Waals surface area (Å²) in [6.45, 7) is 0.556. The Morgan fingerprint density at radius 2 is 1.93 bits per heavy atom. The van der Waals surface area contributed by atoms with E-state index in [4.69, 9.17) is 4.74 Å². The smallest absolute Gasteiger partial charge is 0.259 e. The van der Waals surface area contributed by atoms with Gasteiger partial charge in [-0.15, -0.1) is 0 Å². The molecule has 2 aromatic carbocycles. The number of hydrogen-bond acceptors (Lipinski definition) is 6. The Hall–Kier alpha value is -3.94. The maximum atomic E-state index is 11.7. The lowest BCUT2D eigenvalue weighted by Gasteiger charge is -2.13. The number of rotatable bonds is 7. The summed E-state index contributed by atoms with van der Waals surface area (Å²) in [4.78, 5) is 22.0. The molecule has 152 valence electrons. The summed E-state index contributed by atoms with van der Waals surface area (Å²) < 4.78 is 7.27. The van der Waals surface area contributed by atoms with Gasteiger partial charge in [0.15, 0.2) is 6.61 Å². The van der Waals surface area contributed by atoms with Crippen LogP contribution in [0.2, 0.25) is 0 Å². The van der Waals surface area contributed by atoms with Crippen molar-refractivity contribution < 1.29 is 9.53 Å². The lowest BCUT2D eigenvalue weighted by atomic mass is 10.1. The van der Waals surface area contributed by atoms with Crippen LogP contribution in [0.4, 0.5) is 5.82 Å². The van der Waals surface area contributed by atoms with Gasteiger partial charge in [-0.1, -0.05) is 42.5 Å². The summed E-state index contributed by atoms with van der Waals surface area (Å²) >= 11 is 0. The number of ether oxygens (including phenoxy) is 1. The number of nitrogens with one attached hydrogen (secondary N) is 1. The third kappa shape index (κ3) is 4.38. The number of amides is 1. The van der Waals surface area contributed by atoms with Gasteiger partial charge in [0, 0.05) is 32.3 Å². The van der Waals surface area contributed by atoms with Crippen molar-refractivity contribution in [1.82, 2.24) is 24.5 Å². The predicted octanol–water partition coefficient (Wildman–Crippen LogP) is 2.87. The van der Waals surface area contributed by atoms with Crippen LogP contribution in [0.3, 0.4) is 0 Å². The van der Waals surface area contributed by atoms with E-state index in [0.29, 0.717) is 18.1 Å². The summed E-state index contributed by atoms with van der Waals surface area (Å²) in [6, 6.07) is 19.5. The minimum atomic E-state index is -0.0858. The number of hydrogen-bond donors (Lipinski definition) is 1. The molecule has 1 amide bonds. The monoisotopic (exact) mass is 402 g/mol. The highest BCUT2D eigenvalue weighted by Gasteiger charge is 2.10. The Labute approximate surface area is 174 Å². The molecule has 8 nitrogen and oxygen atoms in total. The number of anilines is 1. The third-order valence-corrected chi connectivity index (χ3v) is 4.55. The van der Waals surface area contributed by atoms with E-state index in [9.17, 15) is 4.79 Å². The molecule has 0 radical (unpaired) electrons. The standard InChI is InChI=1S/C22H22N6O2/c1-27(2)21(29)14-30-18-10-6-7-16(11-18)13-23-20-12-19(17-8-4-3-5-9-17)26-22-24-15-25-28(20)22/h3-12,15,23H,13-14H2,1-2H3. The summed E-state index contributed by atoms with van der Waals surface area (Å²) in [7, 11) is 3.41. The fourth-order valence-electron chi connectivity index (χ4n) is 2.91. The largest absolute Gasteiger partial charge is 0.484 e. The molecule has 0 atom stereocenters. The molecule has 0 fully saturated rings. The van der Waals surface area contributed by atoms with Crippen molar-refractivity contribution in [1.29, 1.82) is 0 Å². The zero-order valence-electron chi connectivity index (χ0n) is 16.8. The highest BCUT2D eigenvalue weighted by Crippen LogP contribution is 2.22. The molecule has 0 saturated carbocycles. The molecule has 0 aliphatic rings. The summed E-state index contributed by atoms with van der Waals surface area (Å²) in [6.07, 6.45) is 1.48. The van der Waals surface area contributed by atoms with E-state index >= 15 is 0 Å². The quantitative estimate of drug-likeness (QED) is 0.512. The number of likely N-dealkylation sites (N-methyl/N-ethyl adjacent to an activating group) is 1. The second kappa shape index (κ2) is 8.60. The molecule has 1 N–H and O–H groups in total. The average Bonchev–Trinajstić information content (AvgIpc) is 3.25. The molecular formula is C22H22N6O2. The average molecular weight is 402 g/mol. The Morgan fingerprint density at radius 3 is 2.73 bits per heavy atom. The van der Waals surface area contributed by atoms with Crippen LogP contribution in [0.5, 0.6) is 5.75 Å². The molecule has 4 aromatic rings. The Bertz CT molecular complexity index is 1160. The minimum absolute atomic E-state index is 0.00819. The van der Waals surface area contributed by atoms with E-state index in [-0.39, 0.29) is 12.5 Å². The number of fused-ring (bicyclic) bond motifs is 1. The molecule has 4 rings (SSSR count). The first-order valence-corrected chi connectivity index (χ1v) is 9.52. The van der Waals surface area contributed by atoms with Crippen molar-refractivity contribution >= 4 is 17.5 Å². The van der Waals surface area contributed by atoms with Gasteiger partial charge >= 0.3 is 0 Å². The lowest BCUT2D eigenvalue weighted by molar-refractivity contribution is -0.130. The van der Waals surface area contributed by atoms with E-state index in [1.54, 1.807) is 18.6 Å². The zero-order valence-corrected chi connectivity index (χ0v) is 16.8. The van der Waals surface area contributed by atoms with Crippen LogP contribution in [-0.4, -0.2) is 51.1 Å². The molecule has 0 bridgehead atoms. The molecule has 0 spiro atoms. The highest BCUT2D eigenvalue weighted by atomic mass is 16.5. The number of carbonyl (C=O) groups excluding carboxylic acids is 1. The number of carbonyl (C=O) groups is 1. The van der Waals surface area contributed by atoms with Crippen LogP contribution in [0, 0.1) is 0 Å². The van der Waals surface area contributed by atoms with Crippen molar-refractivity contribution in [3.8, 4) is 17.0 Å². The van der Waals surface area contributed by atoms with Crippen LogP contribution in [0.15, 0.2) is 67.0 Å².